The number of methoxy groups -OCH3 is 1. The van der Waals surface area contributed by atoms with Crippen molar-refractivity contribution < 1.29 is 14.3 Å². The fraction of sp³-hybridized carbons (Fsp3) is 0.500. The first-order valence-electron chi connectivity index (χ1n) is 6.33. The highest BCUT2D eigenvalue weighted by Crippen LogP contribution is 2.03. The van der Waals surface area contributed by atoms with Crippen LogP contribution in [0.2, 0.25) is 0 Å². The van der Waals surface area contributed by atoms with E-state index in [1.807, 2.05) is 0 Å². The molecule has 1 amide bonds. The second kappa shape index (κ2) is 6.80. The summed E-state index contributed by atoms with van der Waals surface area (Å²) in [5.41, 5.74) is 0.104. The molecular formula is C12H17N5O3. The van der Waals surface area contributed by atoms with E-state index < -0.39 is 5.97 Å². The Bertz CT molecular complexity index is 488. The van der Waals surface area contributed by atoms with Gasteiger partial charge in [0.1, 0.15) is 5.82 Å². The predicted octanol–water partition coefficient (Wildman–Crippen LogP) is -0.893. The number of piperazine rings is 1. The summed E-state index contributed by atoms with van der Waals surface area (Å²) in [6, 6.07) is 0. The molecule has 0 spiro atoms. The van der Waals surface area contributed by atoms with Crippen molar-refractivity contribution >= 4 is 17.7 Å². The zero-order valence-corrected chi connectivity index (χ0v) is 11.3. The molecule has 0 atom stereocenters. The number of ether oxygens (including phenoxy) is 1. The van der Waals surface area contributed by atoms with Gasteiger partial charge in [-0.2, -0.15) is 0 Å². The Morgan fingerprint density at radius 2 is 2.15 bits per heavy atom. The summed E-state index contributed by atoms with van der Waals surface area (Å²) < 4.78 is 4.56. The molecule has 1 saturated heterocycles. The lowest BCUT2D eigenvalue weighted by Crippen LogP contribution is -2.48. The predicted molar refractivity (Wildman–Crippen MR) is 71.3 cm³/mol. The molecule has 0 bridgehead atoms. The number of hydrogen-bond donors (Lipinski definition) is 2. The van der Waals surface area contributed by atoms with Crippen LogP contribution in [0, 0.1) is 0 Å². The minimum absolute atomic E-state index is 0.00299. The standard InChI is InChI=1S/C12H17N5O3/c1-20-12(19)9-6-14-7-10(16-9)15-8-11(18)17-4-2-13-3-5-17/h6-7,13H,2-5,8H2,1H3,(H,15,16). The monoisotopic (exact) mass is 279 g/mol. The Hall–Kier alpha value is -2.22. The number of esters is 1. The Morgan fingerprint density at radius 1 is 1.40 bits per heavy atom. The van der Waals surface area contributed by atoms with E-state index in [0.29, 0.717) is 18.9 Å². The fourth-order valence-electron chi connectivity index (χ4n) is 1.85. The van der Waals surface area contributed by atoms with Gasteiger partial charge in [0.05, 0.1) is 26.0 Å². The van der Waals surface area contributed by atoms with Crippen LogP contribution >= 0.6 is 0 Å². The molecule has 0 unspecified atom stereocenters. The third-order valence-electron chi connectivity index (χ3n) is 2.92. The first-order valence-corrected chi connectivity index (χ1v) is 6.33. The Morgan fingerprint density at radius 3 is 2.85 bits per heavy atom. The molecule has 0 radical (unpaired) electrons. The molecule has 0 aliphatic carbocycles. The van der Waals surface area contributed by atoms with Crippen LogP contribution in [-0.2, 0) is 9.53 Å². The van der Waals surface area contributed by atoms with Crippen molar-refractivity contribution in [1.82, 2.24) is 20.2 Å². The molecule has 2 N–H and O–H groups in total. The van der Waals surface area contributed by atoms with Crippen LogP contribution in [0.5, 0.6) is 0 Å². The maximum atomic E-state index is 11.9. The van der Waals surface area contributed by atoms with E-state index in [2.05, 4.69) is 25.3 Å². The van der Waals surface area contributed by atoms with Gasteiger partial charge in [0.15, 0.2) is 5.69 Å². The number of carbonyl (C=O) groups excluding carboxylic acids is 2. The third kappa shape index (κ3) is 3.64. The van der Waals surface area contributed by atoms with Crippen LogP contribution in [0.3, 0.4) is 0 Å². The van der Waals surface area contributed by atoms with Crippen molar-refractivity contribution in [1.29, 1.82) is 0 Å². The van der Waals surface area contributed by atoms with E-state index >= 15 is 0 Å². The molecule has 8 nitrogen and oxygen atoms in total. The number of rotatable bonds is 4. The van der Waals surface area contributed by atoms with Gasteiger partial charge in [-0.1, -0.05) is 0 Å². The first kappa shape index (κ1) is 14.2. The molecule has 20 heavy (non-hydrogen) atoms. The molecular weight excluding hydrogens is 262 g/mol. The zero-order chi connectivity index (χ0) is 14.4. The number of nitrogens with one attached hydrogen (secondary N) is 2. The van der Waals surface area contributed by atoms with E-state index in [1.165, 1.54) is 19.5 Å². The highest BCUT2D eigenvalue weighted by atomic mass is 16.5. The topological polar surface area (TPSA) is 96.4 Å². The molecule has 0 aromatic carbocycles. The van der Waals surface area contributed by atoms with E-state index in [1.54, 1.807) is 4.90 Å². The van der Waals surface area contributed by atoms with Crippen LogP contribution in [0.25, 0.3) is 0 Å². The van der Waals surface area contributed by atoms with Crippen molar-refractivity contribution in [3.8, 4) is 0 Å². The molecule has 108 valence electrons. The first-order chi connectivity index (χ1) is 9.70. The third-order valence-corrected chi connectivity index (χ3v) is 2.92. The van der Waals surface area contributed by atoms with Crippen LogP contribution in [0.4, 0.5) is 5.82 Å². The average Bonchev–Trinajstić information content (AvgIpc) is 2.53. The van der Waals surface area contributed by atoms with Crippen molar-refractivity contribution in [2.75, 3.05) is 45.2 Å². The lowest BCUT2D eigenvalue weighted by atomic mass is 10.3. The second-order valence-electron chi connectivity index (χ2n) is 4.27. The Labute approximate surface area is 116 Å². The summed E-state index contributed by atoms with van der Waals surface area (Å²) in [7, 11) is 1.28. The van der Waals surface area contributed by atoms with Crippen molar-refractivity contribution in [3.63, 3.8) is 0 Å². The smallest absolute Gasteiger partial charge is 0.358 e. The molecule has 8 heteroatoms. The number of hydrogen-bond acceptors (Lipinski definition) is 7. The van der Waals surface area contributed by atoms with Gasteiger partial charge < -0.3 is 20.3 Å². The van der Waals surface area contributed by atoms with Gasteiger partial charge >= 0.3 is 5.97 Å². The number of anilines is 1. The normalized spacial score (nSPS) is 14.8. The lowest BCUT2D eigenvalue weighted by molar-refractivity contribution is -0.129. The van der Waals surface area contributed by atoms with Gasteiger partial charge in [-0.05, 0) is 0 Å². The molecule has 2 rings (SSSR count). The Kier molecular flexibility index (Phi) is 4.83. The van der Waals surface area contributed by atoms with Gasteiger partial charge in [0, 0.05) is 26.2 Å². The largest absolute Gasteiger partial charge is 0.464 e. The van der Waals surface area contributed by atoms with E-state index in [4.69, 9.17) is 0 Å². The minimum atomic E-state index is -0.561. The fourth-order valence-corrected chi connectivity index (χ4v) is 1.85. The zero-order valence-electron chi connectivity index (χ0n) is 11.3. The maximum absolute atomic E-state index is 11.9. The molecule has 1 aliphatic rings. The lowest BCUT2D eigenvalue weighted by Gasteiger charge is -2.27. The molecule has 1 aliphatic heterocycles. The van der Waals surface area contributed by atoms with Crippen molar-refractivity contribution in [3.05, 3.63) is 18.1 Å². The molecule has 0 saturated carbocycles. The maximum Gasteiger partial charge on any atom is 0.358 e. The van der Waals surface area contributed by atoms with E-state index in [9.17, 15) is 9.59 Å². The van der Waals surface area contributed by atoms with Crippen molar-refractivity contribution in [2.45, 2.75) is 0 Å². The van der Waals surface area contributed by atoms with E-state index in [-0.39, 0.29) is 18.1 Å². The summed E-state index contributed by atoms with van der Waals surface area (Å²) in [4.78, 5) is 33.0. The van der Waals surface area contributed by atoms with Crippen LogP contribution in [0.15, 0.2) is 12.4 Å². The summed E-state index contributed by atoms with van der Waals surface area (Å²) >= 11 is 0. The molecule has 2 heterocycles. The minimum Gasteiger partial charge on any atom is -0.464 e. The van der Waals surface area contributed by atoms with Gasteiger partial charge in [0.25, 0.3) is 0 Å². The van der Waals surface area contributed by atoms with E-state index in [0.717, 1.165) is 13.1 Å². The summed E-state index contributed by atoms with van der Waals surface area (Å²) in [5, 5.41) is 6.05. The molecule has 1 aromatic rings. The quantitative estimate of drug-likeness (QED) is 0.690. The Balaban J connectivity index is 1.90. The van der Waals surface area contributed by atoms with Crippen LogP contribution in [-0.4, -0.2) is 66.6 Å². The number of carbonyl (C=O) groups is 2. The van der Waals surface area contributed by atoms with Gasteiger partial charge in [-0.3, -0.25) is 9.78 Å². The summed E-state index contributed by atoms with van der Waals surface area (Å²) in [5.74, 6) is -0.192. The van der Waals surface area contributed by atoms with Crippen molar-refractivity contribution in [2.24, 2.45) is 0 Å². The summed E-state index contributed by atoms with van der Waals surface area (Å²) in [6.45, 7) is 3.15. The molecule has 1 aromatic heterocycles. The van der Waals surface area contributed by atoms with Crippen LogP contribution in [0.1, 0.15) is 10.5 Å². The molecule has 1 fully saturated rings. The van der Waals surface area contributed by atoms with Gasteiger partial charge in [-0.25, -0.2) is 9.78 Å². The number of amides is 1. The SMILES string of the molecule is COC(=O)c1cncc(NCC(=O)N2CCNCC2)n1. The van der Waals surface area contributed by atoms with Gasteiger partial charge in [0.2, 0.25) is 5.91 Å². The van der Waals surface area contributed by atoms with Crippen LogP contribution < -0.4 is 10.6 Å². The second-order valence-corrected chi connectivity index (χ2v) is 4.27. The highest BCUT2D eigenvalue weighted by Gasteiger charge is 2.16. The summed E-state index contributed by atoms with van der Waals surface area (Å²) in [6.07, 6.45) is 2.77. The number of aromatic nitrogens is 2. The van der Waals surface area contributed by atoms with Gasteiger partial charge in [-0.15, -0.1) is 0 Å². The average molecular weight is 279 g/mol. The number of nitrogens with zero attached hydrogens (tertiary/aromatic N) is 3. The highest BCUT2D eigenvalue weighted by molar-refractivity contribution is 5.87.